The fourth-order valence-electron chi connectivity index (χ4n) is 2.62. The summed E-state index contributed by atoms with van der Waals surface area (Å²) in [5.74, 6) is -0.781. The molecule has 0 aliphatic heterocycles. The second-order valence-electron chi connectivity index (χ2n) is 6.48. The van der Waals surface area contributed by atoms with Gasteiger partial charge >= 0.3 is 5.97 Å². The number of carbonyl (C=O) groups excluding carboxylic acids is 3. The van der Waals surface area contributed by atoms with Gasteiger partial charge in [-0.3, -0.25) is 9.59 Å². The molecule has 0 spiro atoms. The Bertz CT molecular complexity index is 1080. The summed E-state index contributed by atoms with van der Waals surface area (Å²) in [6.07, 6.45) is 1.26. The van der Waals surface area contributed by atoms with Gasteiger partial charge in [0.25, 0.3) is 11.8 Å². The molecule has 0 unspecified atom stereocenters. The van der Waals surface area contributed by atoms with E-state index < -0.39 is 18.5 Å². The lowest BCUT2D eigenvalue weighted by Crippen LogP contribution is -2.21. The number of ether oxygens (including phenoxy) is 2. The molecule has 2 amide bonds. The van der Waals surface area contributed by atoms with E-state index >= 15 is 0 Å². The first-order valence-corrected chi connectivity index (χ1v) is 10.0. The summed E-state index contributed by atoms with van der Waals surface area (Å²) >= 11 is 5.66. The van der Waals surface area contributed by atoms with Crippen molar-refractivity contribution in [1.29, 1.82) is 0 Å². The molecular weight excluding hydrogens is 434 g/mol. The Balaban J connectivity index is 1.49. The van der Waals surface area contributed by atoms with Crippen LogP contribution < -0.4 is 15.4 Å². The number of hydrogen-bond acceptors (Lipinski definition) is 6. The third-order valence-electron chi connectivity index (χ3n) is 4.15. The molecule has 0 aliphatic carbocycles. The third kappa shape index (κ3) is 6.55. The third-order valence-corrected chi connectivity index (χ3v) is 4.38. The smallest absolute Gasteiger partial charge is 0.340 e. The van der Waals surface area contributed by atoms with E-state index in [1.54, 1.807) is 48.5 Å². The van der Waals surface area contributed by atoms with Crippen LogP contribution in [0, 0.1) is 0 Å². The van der Waals surface area contributed by atoms with Gasteiger partial charge in [0.2, 0.25) is 0 Å². The number of anilines is 2. The molecule has 3 aromatic rings. The molecule has 0 saturated heterocycles. The van der Waals surface area contributed by atoms with Crippen molar-refractivity contribution in [3.63, 3.8) is 0 Å². The number of aromatic nitrogens is 1. The zero-order valence-electron chi connectivity index (χ0n) is 17.1. The first-order chi connectivity index (χ1) is 15.4. The maximum absolute atomic E-state index is 12.4. The Hall–Kier alpha value is -3.91. The average Bonchev–Trinajstić information content (AvgIpc) is 2.80. The molecule has 3 rings (SSSR count). The van der Waals surface area contributed by atoms with Crippen molar-refractivity contribution in [2.75, 3.05) is 23.8 Å². The largest absolute Gasteiger partial charge is 0.494 e. The highest BCUT2D eigenvalue weighted by atomic mass is 35.5. The van der Waals surface area contributed by atoms with Gasteiger partial charge in [-0.15, -0.1) is 0 Å². The summed E-state index contributed by atoms with van der Waals surface area (Å²) < 4.78 is 10.3. The fourth-order valence-corrected chi connectivity index (χ4v) is 2.73. The normalized spacial score (nSPS) is 10.2. The summed E-state index contributed by atoms with van der Waals surface area (Å²) in [5, 5.41) is 5.63. The number of hydrogen-bond donors (Lipinski definition) is 2. The highest BCUT2D eigenvalue weighted by Gasteiger charge is 2.12. The highest BCUT2D eigenvalue weighted by molar-refractivity contribution is 6.29. The lowest BCUT2D eigenvalue weighted by molar-refractivity contribution is -0.119. The van der Waals surface area contributed by atoms with Gasteiger partial charge in [0.05, 0.1) is 12.2 Å². The van der Waals surface area contributed by atoms with Crippen LogP contribution in [0.3, 0.4) is 0 Å². The summed E-state index contributed by atoms with van der Waals surface area (Å²) in [7, 11) is 0. The first kappa shape index (κ1) is 22.8. The van der Waals surface area contributed by atoms with Gasteiger partial charge in [0.15, 0.2) is 6.61 Å². The number of pyridine rings is 1. The summed E-state index contributed by atoms with van der Waals surface area (Å²) in [5.41, 5.74) is 1.69. The van der Waals surface area contributed by atoms with Crippen LogP contribution in [0.4, 0.5) is 11.4 Å². The zero-order chi connectivity index (χ0) is 22.9. The van der Waals surface area contributed by atoms with Gasteiger partial charge in [-0.2, -0.15) is 0 Å². The predicted molar refractivity (Wildman–Crippen MR) is 120 cm³/mol. The molecule has 8 nitrogen and oxygen atoms in total. The number of benzene rings is 2. The molecule has 0 aliphatic rings. The molecule has 1 aromatic heterocycles. The molecule has 2 N–H and O–H groups in total. The van der Waals surface area contributed by atoms with Crippen molar-refractivity contribution in [3.05, 3.63) is 83.1 Å². The van der Waals surface area contributed by atoms with Gasteiger partial charge in [-0.25, -0.2) is 9.78 Å². The van der Waals surface area contributed by atoms with Crippen LogP contribution in [0.15, 0.2) is 66.9 Å². The van der Waals surface area contributed by atoms with E-state index in [0.29, 0.717) is 23.5 Å². The van der Waals surface area contributed by atoms with Crippen LogP contribution in [-0.2, 0) is 9.53 Å². The number of halogens is 1. The average molecular weight is 454 g/mol. The van der Waals surface area contributed by atoms with E-state index in [9.17, 15) is 14.4 Å². The van der Waals surface area contributed by atoms with Gasteiger partial charge in [-0.1, -0.05) is 11.6 Å². The Morgan fingerprint density at radius 1 is 0.875 bits per heavy atom. The van der Waals surface area contributed by atoms with E-state index in [1.807, 2.05) is 6.92 Å². The monoisotopic (exact) mass is 453 g/mol. The Morgan fingerprint density at radius 3 is 2.12 bits per heavy atom. The molecule has 164 valence electrons. The minimum Gasteiger partial charge on any atom is -0.494 e. The molecule has 0 radical (unpaired) electrons. The number of nitrogens with zero attached hydrogens (tertiary/aromatic N) is 1. The zero-order valence-corrected chi connectivity index (χ0v) is 17.9. The highest BCUT2D eigenvalue weighted by Crippen LogP contribution is 2.17. The number of nitrogens with one attached hydrogen (secondary N) is 2. The fraction of sp³-hybridized carbons (Fsp3) is 0.130. The molecule has 0 saturated carbocycles. The minimum absolute atomic E-state index is 0.185. The molecule has 0 fully saturated rings. The Kier molecular flexibility index (Phi) is 7.77. The van der Waals surface area contributed by atoms with Gasteiger partial charge in [-0.05, 0) is 67.6 Å². The summed E-state index contributed by atoms with van der Waals surface area (Å²) in [6, 6.07) is 16.2. The van der Waals surface area contributed by atoms with Gasteiger partial charge < -0.3 is 20.1 Å². The van der Waals surface area contributed by atoms with Crippen molar-refractivity contribution in [2.24, 2.45) is 0 Å². The molecule has 1 heterocycles. The van der Waals surface area contributed by atoms with E-state index in [4.69, 9.17) is 21.1 Å². The molecule has 0 bridgehead atoms. The van der Waals surface area contributed by atoms with Crippen molar-refractivity contribution >= 4 is 40.8 Å². The maximum atomic E-state index is 12.4. The second kappa shape index (κ2) is 10.9. The molecular formula is C23H20ClN3O5. The van der Waals surface area contributed by atoms with Crippen LogP contribution in [0.2, 0.25) is 5.15 Å². The molecule has 32 heavy (non-hydrogen) atoms. The van der Waals surface area contributed by atoms with Crippen LogP contribution in [-0.4, -0.2) is 36.0 Å². The van der Waals surface area contributed by atoms with Crippen LogP contribution in [0.5, 0.6) is 5.75 Å². The number of amides is 2. The van der Waals surface area contributed by atoms with E-state index in [1.165, 1.54) is 18.3 Å². The van der Waals surface area contributed by atoms with Crippen LogP contribution in [0.1, 0.15) is 27.6 Å². The number of carbonyl (C=O) groups is 3. The lowest BCUT2D eigenvalue weighted by Gasteiger charge is -2.09. The quantitative estimate of drug-likeness (QED) is 0.391. The van der Waals surface area contributed by atoms with E-state index in [2.05, 4.69) is 15.6 Å². The number of rotatable bonds is 8. The summed E-state index contributed by atoms with van der Waals surface area (Å²) in [4.78, 5) is 40.1. The van der Waals surface area contributed by atoms with Crippen molar-refractivity contribution < 1.29 is 23.9 Å². The molecule has 9 heteroatoms. The van der Waals surface area contributed by atoms with E-state index in [-0.39, 0.29) is 16.6 Å². The predicted octanol–water partition coefficient (Wildman–Crippen LogP) is 4.18. The second-order valence-corrected chi connectivity index (χ2v) is 6.87. The number of esters is 1. The van der Waals surface area contributed by atoms with Crippen LogP contribution >= 0.6 is 11.6 Å². The molecule has 2 aromatic carbocycles. The molecule has 0 atom stereocenters. The van der Waals surface area contributed by atoms with Crippen LogP contribution in [0.25, 0.3) is 0 Å². The SMILES string of the molecule is CCOc1ccc(NC(=O)c2ccc(NC(=O)COC(=O)c3ccc(Cl)nc3)cc2)cc1. The lowest BCUT2D eigenvalue weighted by atomic mass is 10.2. The Morgan fingerprint density at radius 2 is 1.50 bits per heavy atom. The van der Waals surface area contributed by atoms with Gasteiger partial charge in [0.1, 0.15) is 10.9 Å². The van der Waals surface area contributed by atoms with Crippen molar-refractivity contribution in [1.82, 2.24) is 4.98 Å². The minimum atomic E-state index is -0.689. The summed E-state index contributed by atoms with van der Waals surface area (Å²) in [6.45, 7) is 1.99. The van der Waals surface area contributed by atoms with Crippen molar-refractivity contribution in [2.45, 2.75) is 6.92 Å². The van der Waals surface area contributed by atoms with Crippen molar-refractivity contribution in [3.8, 4) is 5.75 Å². The van der Waals surface area contributed by atoms with E-state index in [0.717, 1.165) is 5.75 Å². The first-order valence-electron chi connectivity index (χ1n) is 9.67. The topological polar surface area (TPSA) is 107 Å². The Labute approximate surface area is 189 Å². The van der Waals surface area contributed by atoms with Gasteiger partial charge in [0, 0.05) is 23.1 Å². The standard InChI is InChI=1S/C23H20ClN3O5/c1-2-31-19-10-8-18(9-11-19)27-22(29)15-3-6-17(7-4-15)26-21(28)14-32-23(30)16-5-12-20(24)25-13-16/h3-13H,2,14H2,1H3,(H,26,28)(H,27,29). The maximum Gasteiger partial charge on any atom is 0.340 e.